The van der Waals surface area contributed by atoms with Crippen molar-refractivity contribution in [2.24, 2.45) is 10.2 Å². The van der Waals surface area contributed by atoms with Crippen molar-refractivity contribution in [1.29, 1.82) is 0 Å². The van der Waals surface area contributed by atoms with E-state index in [4.69, 9.17) is 27.9 Å². The number of halogens is 2. The molecule has 1 aromatic heterocycles. The zero-order chi connectivity index (χ0) is 17.1. The third-order valence-electron chi connectivity index (χ3n) is 3.14. The van der Waals surface area contributed by atoms with Gasteiger partial charge in [0.1, 0.15) is 5.75 Å². The molecule has 0 fully saturated rings. The van der Waals surface area contributed by atoms with E-state index in [-0.39, 0.29) is 18.2 Å². The number of aromatic hydroxyl groups is 1. The lowest BCUT2D eigenvalue weighted by Gasteiger charge is -2.01. The second kappa shape index (κ2) is 6.90. The molecule has 3 rings (SSSR count). The predicted octanol–water partition coefficient (Wildman–Crippen LogP) is 4.87. The molecule has 0 aliphatic carbocycles. The van der Waals surface area contributed by atoms with Crippen LogP contribution in [0, 0.1) is 0 Å². The van der Waals surface area contributed by atoms with Gasteiger partial charge in [0.05, 0.1) is 10.5 Å². The summed E-state index contributed by atoms with van der Waals surface area (Å²) in [5, 5.41) is 18.4. The summed E-state index contributed by atoms with van der Waals surface area (Å²) in [5.74, 6) is -0.301. The summed E-state index contributed by atoms with van der Waals surface area (Å²) < 4.78 is 5.28. The Morgan fingerprint density at radius 1 is 1.21 bits per heavy atom. The minimum Gasteiger partial charge on any atom is -0.493 e. The Labute approximate surface area is 146 Å². The van der Waals surface area contributed by atoms with E-state index in [1.54, 1.807) is 30.3 Å². The molecule has 0 aliphatic rings. The zero-order valence-electron chi connectivity index (χ0n) is 12.2. The normalized spacial score (nSPS) is 11.2. The van der Waals surface area contributed by atoms with Crippen LogP contribution in [-0.4, -0.2) is 22.6 Å². The Kier molecular flexibility index (Phi) is 4.69. The van der Waals surface area contributed by atoms with Crippen LogP contribution in [0.3, 0.4) is 0 Å². The Morgan fingerprint density at radius 3 is 2.71 bits per heavy atom. The van der Waals surface area contributed by atoms with Crippen molar-refractivity contribution in [2.45, 2.75) is 0 Å². The molecule has 2 aromatic carbocycles. The number of amides is 1. The zero-order valence-corrected chi connectivity index (χ0v) is 13.7. The fourth-order valence-corrected chi connectivity index (χ4v) is 2.63. The number of hydrogen-bond donors (Lipinski definition) is 2. The Balaban J connectivity index is 1.78. The van der Waals surface area contributed by atoms with Gasteiger partial charge in [-0.2, -0.15) is 0 Å². The van der Waals surface area contributed by atoms with E-state index in [9.17, 15) is 9.90 Å². The summed E-state index contributed by atoms with van der Waals surface area (Å²) in [4.78, 5) is 14.4. The number of para-hydroxylation sites is 1. The van der Waals surface area contributed by atoms with Crippen LogP contribution < -0.4 is 4.74 Å². The largest absolute Gasteiger partial charge is 0.493 e. The van der Waals surface area contributed by atoms with E-state index in [1.807, 2.05) is 6.07 Å². The second-order valence-corrected chi connectivity index (χ2v) is 5.67. The topological polar surface area (TPSA) is 87.0 Å². The number of ether oxygens (including phenoxy) is 1. The molecule has 122 valence electrons. The van der Waals surface area contributed by atoms with Gasteiger partial charge in [0.25, 0.3) is 0 Å². The van der Waals surface area contributed by atoms with Gasteiger partial charge in [-0.1, -0.05) is 41.4 Å². The summed E-state index contributed by atoms with van der Waals surface area (Å²) in [6, 6.07) is 12.0. The van der Waals surface area contributed by atoms with E-state index in [0.717, 1.165) is 0 Å². The molecule has 6 nitrogen and oxygen atoms in total. The first kappa shape index (κ1) is 16.3. The number of fused-ring (bicyclic) bond motifs is 1. The van der Waals surface area contributed by atoms with Crippen LogP contribution >= 0.6 is 23.2 Å². The molecule has 0 saturated heterocycles. The van der Waals surface area contributed by atoms with Crippen LogP contribution in [0.2, 0.25) is 10.0 Å². The molecule has 2 N–H and O–H groups in total. The van der Waals surface area contributed by atoms with Gasteiger partial charge in [0, 0.05) is 10.4 Å². The minimum absolute atomic E-state index is 0.0856. The van der Waals surface area contributed by atoms with Gasteiger partial charge in [-0.15, -0.1) is 10.2 Å². The summed E-state index contributed by atoms with van der Waals surface area (Å²) in [6.07, 6.45) is 0. The van der Waals surface area contributed by atoms with Crippen LogP contribution in [0.25, 0.3) is 10.9 Å². The van der Waals surface area contributed by atoms with Crippen molar-refractivity contribution in [1.82, 2.24) is 4.98 Å². The van der Waals surface area contributed by atoms with Crippen LogP contribution in [-0.2, 0) is 4.79 Å². The maximum absolute atomic E-state index is 11.8. The first-order chi connectivity index (χ1) is 11.5. The monoisotopic (exact) mass is 363 g/mol. The van der Waals surface area contributed by atoms with E-state index in [2.05, 4.69) is 15.2 Å². The van der Waals surface area contributed by atoms with E-state index < -0.39 is 5.91 Å². The highest BCUT2D eigenvalue weighted by Crippen LogP contribution is 2.40. The Bertz CT molecular complexity index is 923. The molecule has 0 radical (unpaired) electrons. The Morgan fingerprint density at radius 2 is 1.96 bits per heavy atom. The molecule has 0 atom stereocenters. The van der Waals surface area contributed by atoms with Crippen LogP contribution in [0.15, 0.2) is 52.7 Å². The molecule has 0 saturated carbocycles. The summed E-state index contributed by atoms with van der Waals surface area (Å²) in [5.41, 5.74) is 0.544. The minimum atomic E-state index is -0.597. The number of nitrogens with zero attached hydrogens (tertiary/aromatic N) is 2. The van der Waals surface area contributed by atoms with Gasteiger partial charge in [0.15, 0.2) is 12.3 Å². The highest BCUT2D eigenvalue weighted by Gasteiger charge is 2.14. The fourth-order valence-electron chi connectivity index (χ4n) is 2.09. The number of rotatable bonds is 4. The standard InChI is InChI=1S/C16H11Cl2N3O3/c17-9-6-11-14(12(18)7-9)19-16(23)15(11)21-20-13(22)8-24-10-4-2-1-3-5-10/h1-7,19,23H,8H2. The van der Waals surface area contributed by atoms with Crippen molar-refractivity contribution in [2.75, 3.05) is 6.61 Å². The SMILES string of the molecule is O=C(COc1ccccc1)N=Nc1c(O)[nH]c2c(Cl)cc(Cl)cc12. The van der Waals surface area contributed by atoms with Gasteiger partial charge in [-0.25, -0.2) is 0 Å². The maximum Gasteiger partial charge on any atom is 0.302 e. The lowest BCUT2D eigenvalue weighted by molar-refractivity contribution is -0.120. The number of nitrogens with one attached hydrogen (secondary N) is 1. The predicted molar refractivity (Wildman–Crippen MR) is 91.4 cm³/mol. The van der Waals surface area contributed by atoms with Gasteiger partial charge in [0.2, 0.25) is 5.88 Å². The van der Waals surface area contributed by atoms with Crippen LogP contribution in [0.4, 0.5) is 5.69 Å². The number of H-pyrrole nitrogens is 1. The average molecular weight is 364 g/mol. The average Bonchev–Trinajstić information content (AvgIpc) is 2.88. The smallest absolute Gasteiger partial charge is 0.302 e. The maximum atomic E-state index is 11.8. The van der Waals surface area contributed by atoms with Crippen molar-refractivity contribution in [3.8, 4) is 11.6 Å². The number of azo groups is 1. The summed E-state index contributed by atoms with van der Waals surface area (Å²) in [7, 11) is 0. The molecule has 0 aliphatic heterocycles. The van der Waals surface area contributed by atoms with E-state index in [0.29, 0.717) is 26.7 Å². The van der Waals surface area contributed by atoms with Gasteiger partial charge < -0.3 is 14.8 Å². The number of carbonyl (C=O) groups is 1. The first-order valence-corrected chi connectivity index (χ1v) is 7.62. The van der Waals surface area contributed by atoms with Gasteiger partial charge in [-0.3, -0.25) is 4.79 Å². The number of carbonyl (C=O) groups excluding carboxylic acids is 1. The summed E-state index contributed by atoms with van der Waals surface area (Å²) >= 11 is 12.0. The van der Waals surface area contributed by atoms with Crippen molar-refractivity contribution >= 4 is 45.7 Å². The molecule has 0 unspecified atom stereocenters. The number of hydrogen-bond acceptors (Lipinski definition) is 4. The number of aromatic amines is 1. The number of benzene rings is 2. The highest BCUT2D eigenvalue weighted by molar-refractivity contribution is 6.38. The molecule has 0 bridgehead atoms. The molecular weight excluding hydrogens is 353 g/mol. The highest BCUT2D eigenvalue weighted by atomic mass is 35.5. The quantitative estimate of drug-likeness (QED) is 0.648. The molecule has 8 heteroatoms. The molecule has 1 heterocycles. The van der Waals surface area contributed by atoms with E-state index >= 15 is 0 Å². The fraction of sp³-hybridized carbons (Fsp3) is 0.0625. The molecular formula is C16H11Cl2N3O3. The van der Waals surface area contributed by atoms with Gasteiger partial charge >= 0.3 is 5.91 Å². The second-order valence-electron chi connectivity index (χ2n) is 4.83. The molecule has 1 amide bonds. The Hall–Kier alpha value is -2.57. The lowest BCUT2D eigenvalue weighted by atomic mass is 10.2. The summed E-state index contributed by atoms with van der Waals surface area (Å²) in [6.45, 7) is -0.266. The molecule has 24 heavy (non-hydrogen) atoms. The van der Waals surface area contributed by atoms with Gasteiger partial charge in [-0.05, 0) is 24.3 Å². The van der Waals surface area contributed by atoms with Crippen molar-refractivity contribution in [3.63, 3.8) is 0 Å². The third kappa shape index (κ3) is 3.50. The molecule has 3 aromatic rings. The van der Waals surface area contributed by atoms with E-state index in [1.165, 1.54) is 6.07 Å². The lowest BCUT2D eigenvalue weighted by Crippen LogP contribution is -2.07. The van der Waals surface area contributed by atoms with Crippen molar-refractivity contribution in [3.05, 3.63) is 52.5 Å². The molecule has 0 spiro atoms. The first-order valence-electron chi connectivity index (χ1n) is 6.86. The van der Waals surface area contributed by atoms with Crippen LogP contribution in [0.1, 0.15) is 0 Å². The third-order valence-corrected chi connectivity index (χ3v) is 3.66. The number of aromatic nitrogens is 1. The van der Waals surface area contributed by atoms with Crippen molar-refractivity contribution < 1.29 is 14.6 Å². The van der Waals surface area contributed by atoms with Crippen LogP contribution in [0.5, 0.6) is 11.6 Å².